The molecular weight excluding hydrogens is 186 g/mol. The first-order valence-corrected chi connectivity index (χ1v) is 4.95. The summed E-state index contributed by atoms with van der Waals surface area (Å²) < 4.78 is 9.51. The van der Waals surface area contributed by atoms with Crippen LogP contribution in [-0.4, -0.2) is 55.6 Å². The summed E-state index contributed by atoms with van der Waals surface area (Å²) in [6.45, 7) is 8.09. The fourth-order valence-corrected chi connectivity index (χ4v) is 1.09. The van der Waals surface area contributed by atoms with E-state index >= 15 is 0 Å². The standard InChI is InChI=1S/C7H13NO4.C2H6/c9-7(10)12-6-3-8-1-4-11-5-2-8;1-2/h1-6H2,(H,9,10);1-2H3. The summed E-state index contributed by atoms with van der Waals surface area (Å²) in [7, 11) is 0. The van der Waals surface area contributed by atoms with Crippen molar-refractivity contribution in [1.82, 2.24) is 4.90 Å². The van der Waals surface area contributed by atoms with E-state index in [1.165, 1.54) is 0 Å². The summed E-state index contributed by atoms with van der Waals surface area (Å²) in [5.41, 5.74) is 0. The van der Waals surface area contributed by atoms with Crippen molar-refractivity contribution < 1.29 is 19.4 Å². The van der Waals surface area contributed by atoms with Gasteiger partial charge in [-0.25, -0.2) is 4.79 Å². The number of hydrogen-bond acceptors (Lipinski definition) is 4. The second-order valence-electron chi connectivity index (χ2n) is 2.57. The lowest BCUT2D eigenvalue weighted by molar-refractivity contribution is 0.0229. The Morgan fingerprint density at radius 1 is 1.43 bits per heavy atom. The van der Waals surface area contributed by atoms with E-state index in [0.717, 1.165) is 26.3 Å². The van der Waals surface area contributed by atoms with Crippen molar-refractivity contribution in [3.63, 3.8) is 0 Å². The summed E-state index contributed by atoms with van der Waals surface area (Å²) >= 11 is 0. The number of carboxylic acid groups (broad SMARTS) is 1. The van der Waals surface area contributed by atoms with E-state index < -0.39 is 6.16 Å². The molecule has 0 spiro atoms. The van der Waals surface area contributed by atoms with E-state index in [-0.39, 0.29) is 6.61 Å². The normalized spacial score (nSPS) is 16.7. The lowest BCUT2D eigenvalue weighted by Crippen LogP contribution is -2.38. The zero-order valence-corrected chi connectivity index (χ0v) is 8.86. The number of rotatable bonds is 3. The molecule has 0 aromatic heterocycles. The number of nitrogens with zero attached hydrogens (tertiary/aromatic N) is 1. The van der Waals surface area contributed by atoms with Gasteiger partial charge >= 0.3 is 6.16 Å². The SMILES string of the molecule is CC.O=C(O)OCCN1CCOCC1. The Bertz CT molecular complexity index is 146. The maximum Gasteiger partial charge on any atom is 0.505 e. The maximum absolute atomic E-state index is 9.98. The van der Waals surface area contributed by atoms with Crippen molar-refractivity contribution in [3.8, 4) is 0 Å². The van der Waals surface area contributed by atoms with Gasteiger partial charge in [0.25, 0.3) is 0 Å². The van der Waals surface area contributed by atoms with Crippen LogP contribution >= 0.6 is 0 Å². The van der Waals surface area contributed by atoms with Crippen molar-refractivity contribution in [2.24, 2.45) is 0 Å². The first-order chi connectivity index (χ1) is 6.79. The molecule has 0 atom stereocenters. The van der Waals surface area contributed by atoms with Gasteiger partial charge in [-0.3, -0.25) is 4.90 Å². The first-order valence-electron chi connectivity index (χ1n) is 4.95. The molecule has 0 radical (unpaired) electrons. The molecule has 0 saturated carbocycles. The molecule has 5 nitrogen and oxygen atoms in total. The first kappa shape index (κ1) is 13.2. The van der Waals surface area contributed by atoms with E-state index in [1.54, 1.807) is 0 Å². The Kier molecular flexibility index (Phi) is 8.27. The van der Waals surface area contributed by atoms with Crippen LogP contribution in [0.1, 0.15) is 13.8 Å². The third-order valence-electron chi connectivity index (χ3n) is 1.74. The lowest BCUT2D eigenvalue weighted by Gasteiger charge is -2.25. The van der Waals surface area contributed by atoms with Crippen LogP contribution in [0.2, 0.25) is 0 Å². The van der Waals surface area contributed by atoms with E-state index in [0.29, 0.717) is 6.54 Å². The summed E-state index contributed by atoms with van der Waals surface area (Å²) in [5, 5.41) is 8.18. The zero-order chi connectivity index (χ0) is 10.8. The molecule has 14 heavy (non-hydrogen) atoms. The third kappa shape index (κ3) is 6.68. The van der Waals surface area contributed by atoms with Gasteiger partial charge in [0.2, 0.25) is 0 Å². The molecule has 1 rings (SSSR count). The van der Waals surface area contributed by atoms with Crippen molar-refractivity contribution >= 4 is 6.16 Å². The third-order valence-corrected chi connectivity index (χ3v) is 1.74. The molecule has 0 aromatic rings. The number of hydrogen-bond donors (Lipinski definition) is 1. The minimum absolute atomic E-state index is 0.245. The highest BCUT2D eigenvalue weighted by Crippen LogP contribution is 1.95. The van der Waals surface area contributed by atoms with Crippen LogP contribution < -0.4 is 0 Å². The quantitative estimate of drug-likeness (QED) is 0.697. The van der Waals surface area contributed by atoms with Crippen molar-refractivity contribution in [1.29, 1.82) is 0 Å². The highest BCUT2D eigenvalue weighted by atomic mass is 16.7. The van der Waals surface area contributed by atoms with E-state index in [9.17, 15) is 4.79 Å². The minimum atomic E-state index is -1.21. The van der Waals surface area contributed by atoms with E-state index in [2.05, 4.69) is 9.64 Å². The van der Waals surface area contributed by atoms with Crippen LogP contribution in [0.15, 0.2) is 0 Å². The molecule has 1 N–H and O–H groups in total. The Morgan fingerprint density at radius 3 is 2.50 bits per heavy atom. The van der Waals surface area contributed by atoms with Crippen LogP contribution in [0.3, 0.4) is 0 Å². The molecule has 0 aromatic carbocycles. The molecule has 1 fully saturated rings. The van der Waals surface area contributed by atoms with Crippen molar-refractivity contribution in [2.75, 3.05) is 39.5 Å². The maximum atomic E-state index is 9.98. The molecule has 0 bridgehead atoms. The fraction of sp³-hybridized carbons (Fsp3) is 0.889. The van der Waals surface area contributed by atoms with Crippen LogP contribution in [0.4, 0.5) is 4.79 Å². The summed E-state index contributed by atoms with van der Waals surface area (Å²) in [6, 6.07) is 0. The molecule has 5 heteroatoms. The smallest absolute Gasteiger partial charge is 0.450 e. The molecule has 1 saturated heterocycles. The van der Waals surface area contributed by atoms with Crippen LogP contribution in [0.25, 0.3) is 0 Å². The largest absolute Gasteiger partial charge is 0.505 e. The second-order valence-corrected chi connectivity index (χ2v) is 2.57. The molecular formula is C9H19NO4. The molecule has 0 aliphatic carbocycles. The second kappa shape index (κ2) is 8.77. The summed E-state index contributed by atoms with van der Waals surface area (Å²) in [6.07, 6.45) is -1.21. The summed E-state index contributed by atoms with van der Waals surface area (Å²) in [4.78, 5) is 12.1. The Labute approximate surface area is 84.6 Å². The fourth-order valence-electron chi connectivity index (χ4n) is 1.09. The van der Waals surface area contributed by atoms with E-state index in [4.69, 9.17) is 9.84 Å². The molecule has 84 valence electrons. The lowest BCUT2D eigenvalue weighted by atomic mass is 10.4. The number of carbonyl (C=O) groups is 1. The van der Waals surface area contributed by atoms with Gasteiger partial charge in [-0.1, -0.05) is 13.8 Å². The number of morpholine rings is 1. The highest BCUT2D eigenvalue weighted by Gasteiger charge is 2.09. The number of ether oxygens (including phenoxy) is 2. The monoisotopic (exact) mass is 205 g/mol. The average Bonchev–Trinajstić information content (AvgIpc) is 2.22. The van der Waals surface area contributed by atoms with Gasteiger partial charge in [0.15, 0.2) is 0 Å². The molecule has 0 unspecified atom stereocenters. The summed E-state index contributed by atoms with van der Waals surface area (Å²) in [5.74, 6) is 0. The predicted molar refractivity (Wildman–Crippen MR) is 52.6 cm³/mol. The molecule has 1 aliphatic rings. The topological polar surface area (TPSA) is 59.0 Å². The van der Waals surface area contributed by atoms with Gasteiger partial charge < -0.3 is 14.6 Å². The van der Waals surface area contributed by atoms with Crippen molar-refractivity contribution in [2.45, 2.75) is 13.8 Å². The minimum Gasteiger partial charge on any atom is -0.450 e. The van der Waals surface area contributed by atoms with Crippen molar-refractivity contribution in [3.05, 3.63) is 0 Å². The predicted octanol–water partition coefficient (Wildman–Crippen LogP) is 1.04. The Balaban J connectivity index is 0.000000791. The Hall–Kier alpha value is -0.810. The molecule has 0 amide bonds. The van der Waals surface area contributed by atoms with Crippen LogP contribution in [-0.2, 0) is 9.47 Å². The van der Waals surface area contributed by atoms with Crippen LogP contribution in [0, 0.1) is 0 Å². The highest BCUT2D eigenvalue weighted by molar-refractivity contribution is 5.56. The van der Waals surface area contributed by atoms with Gasteiger partial charge in [-0.15, -0.1) is 0 Å². The van der Waals surface area contributed by atoms with E-state index in [1.807, 2.05) is 13.8 Å². The van der Waals surface area contributed by atoms with Gasteiger partial charge in [-0.2, -0.15) is 0 Å². The van der Waals surface area contributed by atoms with Gasteiger partial charge in [0.1, 0.15) is 6.61 Å². The van der Waals surface area contributed by atoms with Gasteiger partial charge in [-0.05, 0) is 0 Å². The average molecular weight is 205 g/mol. The zero-order valence-electron chi connectivity index (χ0n) is 8.86. The molecule has 1 aliphatic heterocycles. The van der Waals surface area contributed by atoms with Gasteiger partial charge in [0, 0.05) is 19.6 Å². The van der Waals surface area contributed by atoms with Crippen LogP contribution in [0.5, 0.6) is 0 Å². The van der Waals surface area contributed by atoms with Gasteiger partial charge in [0.05, 0.1) is 13.2 Å². The molecule has 1 heterocycles. The Morgan fingerprint density at radius 2 is 2.00 bits per heavy atom.